The Morgan fingerprint density at radius 3 is 2.33 bits per heavy atom. The van der Waals surface area contributed by atoms with Crippen molar-refractivity contribution >= 4 is 12.0 Å². The standard InChI is InChI=1S/C12H22N2O4/c1-8(2)10(17)12(4-5-12)7-14-11(18)13-6-3-9(15)16/h8,10,17H,3-7H2,1-2H3,(H,15,16)(H2,13,14,18). The summed E-state index contributed by atoms with van der Waals surface area (Å²) in [6.07, 6.45) is 1.34. The van der Waals surface area contributed by atoms with E-state index >= 15 is 0 Å². The van der Waals surface area contributed by atoms with E-state index in [0.717, 1.165) is 12.8 Å². The molecular weight excluding hydrogens is 236 g/mol. The Balaban J connectivity index is 2.24. The Morgan fingerprint density at radius 2 is 1.89 bits per heavy atom. The average molecular weight is 258 g/mol. The molecule has 18 heavy (non-hydrogen) atoms. The van der Waals surface area contributed by atoms with Gasteiger partial charge in [-0.2, -0.15) is 0 Å². The summed E-state index contributed by atoms with van der Waals surface area (Å²) in [5.41, 5.74) is -0.182. The zero-order chi connectivity index (χ0) is 13.8. The zero-order valence-corrected chi connectivity index (χ0v) is 10.9. The molecule has 0 aromatic carbocycles. The summed E-state index contributed by atoms with van der Waals surface area (Å²) < 4.78 is 0. The van der Waals surface area contributed by atoms with Crippen molar-refractivity contribution in [2.45, 2.75) is 39.2 Å². The molecule has 0 heterocycles. The lowest BCUT2D eigenvalue weighted by atomic mass is 9.90. The van der Waals surface area contributed by atoms with Gasteiger partial charge in [-0.3, -0.25) is 4.79 Å². The molecule has 6 heteroatoms. The number of carboxylic acid groups (broad SMARTS) is 1. The fourth-order valence-corrected chi connectivity index (χ4v) is 2.05. The summed E-state index contributed by atoms with van der Waals surface area (Å²) in [5, 5.41) is 23.6. The number of carboxylic acids is 1. The number of hydrogen-bond acceptors (Lipinski definition) is 3. The number of hydrogen-bond donors (Lipinski definition) is 4. The predicted molar refractivity (Wildman–Crippen MR) is 66.2 cm³/mol. The first-order valence-electron chi connectivity index (χ1n) is 6.29. The highest BCUT2D eigenvalue weighted by Crippen LogP contribution is 2.50. The number of aliphatic hydroxyl groups is 1. The number of rotatable bonds is 7. The predicted octanol–water partition coefficient (Wildman–Crippen LogP) is 0.557. The molecule has 2 amide bonds. The van der Waals surface area contributed by atoms with Gasteiger partial charge in [-0.1, -0.05) is 13.8 Å². The van der Waals surface area contributed by atoms with Crippen LogP contribution >= 0.6 is 0 Å². The highest BCUT2D eigenvalue weighted by Gasteiger charge is 2.49. The monoisotopic (exact) mass is 258 g/mol. The van der Waals surface area contributed by atoms with E-state index in [0.29, 0.717) is 6.54 Å². The van der Waals surface area contributed by atoms with Crippen molar-refractivity contribution in [3.63, 3.8) is 0 Å². The molecule has 0 bridgehead atoms. The minimum absolute atomic E-state index is 0.0901. The van der Waals surface area contributed by atoms with Crippen LogP contribution in [0.5, 0.6) is 0 Å². The van der Waals surface area contributed by atoms with E-state index in [1.807, 2.05) is 13.8 Å². The smallest absolute Gasteiger partial charge is 0.314 e. The second-order valence-corrected chi connectivity index (χ2v) is 5.30. The SMILES string of the molecule is CC(C)C(O)C1(CNC(=O)NCCC(=O)O)CC1. The van der Waals surface area contributed by atoms with Gasteiger partial charge < -0.3 is 20.8 Å². The van der Waals surface area contributed by atoms with Gasteiger partial charge in [0.15, 0.2) is 0 Å². The first kappa shape index (κ1) is 14.8. The highest BCUT2D eigenvalue weighted by molar-refractivity contribution is 5.75. The van der Waals surface area contributed by atoms with Crippen molar-refractivity contribution in [2.24, 2.45) is 11.3 Å². The lowest BCUT2D eigenvalue weighted by Crippen LogP contribution is -2.43. The van der Waals surface area contributed by atoms with Crippen LogP contribution in [0.2, 0.25) is 0 Å². The summed E-state index contributed by atoms with van der Waals surface area (Å²) in [7, 11) is 0. The number of urea groups is 1. The van der Waals surface area contributed by atoms with E-state index in [1.54, 1.807) is 0 Å². The minimum atomic E-state index is -0.941. The van der Waals surface area contributed by atoms with Crippen LogP contribution in [-0.2, 0) is 4.79 Å². The van der Waals surface area contributed by atoms with E-state index in [2.05, 4.69) is 10.6 Å². The molecule has 0 aromatic rings. The maximum absolute atomic E-state index is 11.4. The van der Waals surface area contributed by atoms with Gasteiger partial charge in [0.1, 0.15) is 0 Å². The molecule has 0 aromatic heterocycles. The molecule has 0 spiro atoms. The van der Waals surface area contributed by atoms with Crippen LogP contribution in [0.4, 0.5) is 4.79 Å². The Bertz CT molecular complexity index is 313. The second kappa shape index (κ2) is 6.04. The fraction of sp³-hybridized carbons (Fsp3) is 0.833. The van der Waals surface area contributed by atoms with Crippen LogP contribution in [-0.4, -0.2) is 41.4 Å². The summed E-state index contributed by atoms with van der Waals surface area (Å²) >= 11 is 0. The molecule has 6 nitrogen and oxygen atoms in total. The Labute approximate surface area is 107 Å². The number of carbonyl (C=O) groups is 2. The molecule has 1 rings (SSSR count). The van der Waals surface area contributed by atoms with E-state index in [-0.39, 0.29) is 30.3 Å². The number of nitrogens with one attached hydrogen (secondary N) is 2. The molecule has 1 fully saturated rings. The maximum atomic E-state index is 11.4. The zero-order valence-electron chi connectivity index (χ0n) is 10.9. The van der Waals surface area contributed by atoms with E-state index in [1.165, 1.54) is 0 Å². The normalized spacial score (nSPS) is 18.2. The van der Waals surface area contributed by atoms with Crippen LogP contribution < -0.4 is 10.6 Å². The molecule has 1 aliphatic carbocycles. The third-order valence-corrected chi connectivity index (χ3v) is 3.38. The molecule has 1 unspecified atom stereocenters. The van der Waals surface area contributed by atoms with Gasteiger partial charge in [0.2, 0.25) is 0 Å². The first-order chi connectivity index (χ1) is 8.37. The van der Waals surface area contributed by atoms with Crippen LogP contribution in [0.25, 0.3) is 0 Å². The third kappa shape index (κ3) is 4.18. The van der Waals surface area contributed by atoms with E-state index in [9.17, 15) is 14.7 Å². The van der Waals surface area contributed by atoms with Crippen molar-refractivity contribution in [3.05, 3.63) is 0 Å². The summed E-state index contributed by atoms with van der Waals surface area (Å²) in [5.74, 6) is -0.770. The van der Waals surface area contributed by atoms with Crippen LogP contribution in [0, 0.1) is 11.3 Å². The quantitative estimate of drug-likeness (QED) is 0.536. The topological polar surface area (TPSA) is 98.7 Å². The molecule has 0 aliphatic heterocycles. The Morgan fingerprint density at radius 1 is 1.28 bits per heavy atom. The van der Waals surface area contributed by atoms with Crippen molar-refractivity contribution in [1.29, 1.82) is 0 Å². The molecular formula is C12H22N2O4. The summed E-state index contributed by atoms with van der Waals surface area (Å²) in [6, 6.07) is -0.376. The van der Waals surface area contributed by atoms with Crippen LogP contribution in [0.3, 0.4) is 0 Å². The Kier molecular flexibility index (Phi) is 4.95. The van der Waals surface area contributed by atoms with Crippen molar-refractivity contribution in [1.82, 2.24) is 10.6 Å². The number of aliphatic hydroxyl groups excluding tert-OH is 1. The molecule has 4 N–H and O–H groups in total. The lowest BCUT2D eigenvalue weighted by molar-refractivity contribution is -0.136. The van der Waals surface area contributed by atoms with Gasteiger partial charge in [-0.05, 0) is 18.8 Å². The van der Waals surface area contributed by atoms with Gasteiger partial charge in [-0.25, -0.2) is 4.79 Å². The molecule has 1 aliphatic rings. The van der Waals surface area contributed by atoms with E-state index < -0.39 is 12.1 Å². The molecule has 0 radical (unpaired) electrons. The van der Waals surface area contributed by atoms with Crippen molar-refractivity contribution < 1.29 is 19.8 Å². The molecule has 0 saturated heterocycles. The van der Waals surface area contributed by atoms with Gasteiger partial charge in [-0.15, -0.1) is 0 Å². The Hall–Kier alpha value is -1.30. The van der Waals surface area contributed by atoms with Crippen LogP contribution in [0.1, 0.15) is 33.1 Å². The van der Waals surface area contributed by atoms with Gasteiger partial charge in [0.25, 0.3) is 0 Å². The lowest BCUT2D eigenvalue weighted by Gasteiger charge is -2.25. The third-order valence-electron chi connectivity index (χ3n) is 3.38. The van der Waals surface area contributed by atoms with Gasteiger partial charge in [0.05, 0.1) is 12.5 Å². The number of aliphatic carboxylic acids is 1. The molecule has 1 saturated carbocycles. The van der Waals surface area contributed by atoms with Crippen molar-refractivity contribution in [2.75, 3.05) is 13.1 Å². The van der Waals surface area contributed by atoms with Gasteiger partial charge >= 0.3 is 12.0 Å². The maximum Gasteiger partial charge on any atom is 0.314 e. The average Bonchev–Trinajstić information content (AvgIpc) is 3.06. The fourth-order valence-electron chi connectivity index (χ4n) is 2.05. The number of carbonyl (C=O) groups excluding carboxylic acids is 1. The van der Waals surface area contributed by atoms with Crippen molar-refractivity contribution in [3.8, 4) is 0 Å². The largest absolute Gasteiger partial charge is 0.481 e. The molecule has 1 atom stereocenters. The minimum Gasteiger partial charge on any atom is -0.481 e. The van der Waals surface area contributed by atoms with Crippen LogP contribution in [0.15, 0.2) is 0 Å². The summed E-state index contributed by atoms with van der Waals surface area (Å²) in [4.78, 5) is 21.7. The first-order valence-corrected chi connectivity index (χ1v) is 6.29. The summed E-state index contributed by atoms with van der Waals surface area (Å²) in [6.45, 7) is 4.46. The second-order valence-electron chi connectivity index (χ2n) is 5.30. The van der Waals surface area contributed by atoms with E-state index in [4.69, 9.17) is 5.11 Å². The molecule has 104 valence electrons. The van der Waals surface area contributed by atoms with Gasteiger partial charge in [0, 0.05) is 18.5 Å². The highest BCUT2D eigenvalue weighted by atomic mass is 16.4. The number of amides is 2.